The van der Waals surface area contributed by atoms with E-state index in [0.717, 1.165) is 12.1 Å². The Morgan fingerprint density at radius 2 is 1.52 bits per heavy atom. The third-order valence-electron chi connectivity index (χ3n) is 8.47. The van der Waals surface area contributed by atoms with Crippen LogP contribution in [0.3, 0.4) is 0 Å². The molecule has 5 rings (SSSR count). The maximum absolute atomic E-state index is 13.4. The fourth-order valence-electron chi connectivity index (χ4n) is 5.93. The Bertz CT molecular complexity index is 1780. The summed E-state index contributed by atoms with van der Waals surface area (Å²) in [6.07, 6.45) is -15.2. The first-order valence-corrected chi connectivity index (χ1v) is 15.6. The van der Waals surface area contributed by atoms with Crippen LogP contribution >= 0.6 is 0 Å². The number of aliphatic hydroxyl groups is 7. The molecule has 2 saturated heterocycles. The summed E-state index contributed by atoms with van der Waals surface area (Å²) in [6.45, 7) is 1.17. The monoisotopic (exact) mass is 702 g/mol. The molecular weight excluding hydrogens is 664 g/mol. The largest absolute Gasteiger partial charge is 0.508 e. The van der Waals surface area contributed by atoms with Gasteiger partial charge in [-0.25, -0.2) is 4.79 Å². The molecule has 0 bridgehead atoms. The zero-order chi connectivity index (χ0) is 36.4. The van der Waals surface area contributed by atoms with Crippen molar-refractivity contribution < 1.29 is 73.8 Å². The lowest BCUT2D eigenvalue weighted by Crippen LogP contribution is -2.60. The Kier molecular flexibility index (Phi) is 11.4. The van der Waals surface area contributed by atoms with Gasteiger partial charge in [-0.1, -0.05) is 12.1 Å². The van der Waals surface area contributed by atoms with Gasteiger partial charge in [-0.05, 0) is 49.2 Å². The molecule has 0 saturated carbocycles. The standard InChI is InChI=1S/C34H38O16/c1-14-9-20(48-34-30(45)28(43)26(41)22(13-36)49-34)25(31-24(14)19(39)11-18(46-31)10-15(2)37)32-33(29(44)27(42)21(12-35)47-32)50-23(40)8-5-16-3-6-17(38)7-4-16/h3-9,11,21-22,26-30,32-36,38,41-45H,10,12-13H2,1-2H3/b8-5+/t21-,22-,26-,27-,28+,29+,30-,32+,33-,34-/m0/s1. The van der Waals surface area contributed by atoms with Crippen molar-refractivity contribution in [3.05, 3.63) is 75.1 Å². The van der Waals surface area contributed by atoms with Gasteiger partial charge in [0, 0.05) is 12.1 Å². The van der Waals surface area contributed by atoms with Crippen molar-refractivity contribution in [3.63, 3.8) is 0 Å². The summed E-state index contributed by atoms with van der Waals surface area (Å²) in [5, 5.41) is 82.8. The highest BCUT2D eigenvalue weighted by molar-refractivity contribution is 5.88. The van der Waals surface area contributed by atoms with Gasteiger partial charge in [-0.3, -0.25) is 9.59 Å². The van der Waals surface area contributed by atoms with Crippen LogP contribution in [0.1, 0.15) is 35.5 Å². The number of fused-ring (bicyclic) bond motifs is 1. The number of rotatable bonds is 10. The molecule has 3 heterocycles. The quantitative estimate of drug-likeness (QED) is 0.0920. The second-order valence-electron chi connectivity index (χ2n) is 12.2. The smallest absolute Gasteiger partial charge is 0.331 e. The minimum Gasteiger partial charge on any atom is -0.508 e. The summed E-state index contributed by atoms with van der Waals surface area (Å²) in [5.41, 5.74) is -0.362. The van der Waals surface area contributed by atoms with Crippen molar-refractivity contribution in [2.75, 3.05) is 13.2 Å². The van der Waals surface area contributed by atoms with Crippen molar-refractivity contribution in [2.45, 2.75) is 81.5 Å². The number of hydrogen-bond donors (Lipinski definition) is 8. The number of phenols is 1. The number of carbonyl (C=O) groups is 2. The first-order chi connectivity index (χ1) is 23.7. The molecule has 270 valence electrons. The summed E-state index contributed by atoms with van der Waals surface area (Å²) >= 11 is 0. The van der Waals surface area contributed by atoms with Crippen LogP contribution < -0.4 is 10.2 Å². The number of phenolic OH excluding ortho intramolecular Hbond substituents is 1. The average Bonchev–Trinajstić information content (AvgIpc) is 3.07. The average molecular weight is 703 g/mol. The molecule has 2 fully saturated rings. The predicted octanol–water partition coefficient (Wildman–Crippen LogP) is -1.10. The van der Waals surface area contributed by atoms with Crippen molar-refractivity contribution >= 4 is 28.8 Å². The molecule has 0 amide bonds. The van der Waals surface area contributed by atoms with Crippen LogP contribution in [0.2, 0.25) is 0 Å². The van der Waals surface area contributed by atoms with E-state index >= 15 is 0 Å². The highest BCUT2D eigenvalue weighted by atomic mass is 16.7. The molecule has 1 aromatic heterocycles. The van der Waals surface area contributed by atoms with Gasteiger partial charge in [0.05, 0.1) is 30.6 Å². The molecule has 2 aromatic carbocycles. The van der Waals surface area contributed by atoms with Gasteiger partial charge in [-0.2, -0.15) is 0 Å². The van der Waals surface area contributed by atoms with E-state index < -0.39 is 85.8 Å². The van der Waals surface area contributed by atoms with Crippen molar-refractivity contribution in [2.24, 2.45) is 0 Å². The molecule has 0 radical (unpaired) electrons. The molecular formula is C34H38O16. The summed E-state index contributed by atoms with van der Waals surface area (Å²) in [6, 6.07) is 8.22. The van der Waals surface area contributed by atoms with Gasteiger partial charge in [0.25, 0.3) is 0 Å². The number of esters is 1. The molecule has 16 nitrogen and oxygen atoms in total. The first kappa shape index (κ1) is 37.0. The van der Waals surface area contributed by atoms with Gasteiger partial charge in [-0.15, -0.1) is 0 Å². The number of carbonyl (C=O) groups excluding carboxylic acids is 2. The summed E-state index contributed by atoms with van der Waals surface area (Å²) in [4.78, 5) is 38.6. The Hall–Kier alpha value is -4.23. The zero-order valence-electron chi connectivity index (χ0n) is 26.9. The number of benzene rings is 2. The minimum atomic E-state index is -1.92. The number of Topliss-reactive ketones (excluding diaryl/α,β-unsaturated/α-hetero) is 1. The van der Waals surface area contributed by atoms with Crippen molar-refractivity contribution in [3.8, 4) is 11.5 Å². The molecule has 2 aliphatic rings. The number of ether oxygens (including phenoxy) is 4. The number of ketones is 1. The summed E-state index contributed by atoms with van der Waals surface area (Å²) in [7, 11) is 0. The Balaban J connectivity index is 1.67. The molecule has 10 atom stereocenters. The van der Waals surface area contributed by atoms with Gasteiger partial charge >= 0.3 is 5.97 Å². The number of aryl methyl sites for hydroxylation is 1. The first-order valence-electron chi connectivity index (χ1n) is 15.6. The predicted molar refractivity (Wildman–Crippen MR) is 170 cm³/mol. The highest BCUT2D eigenvalue weighted by Gasteiger charge is 2.50. The van der Waals surface area contributed by atoms with Gasteiger partial charge in [0.15, 0.2) is 11.5 Å². The van der Waals surface area contributed by atoms with Crippen LogP contribution in [0.15, 0.2) is 51.7 Å². The van der Waals surface area contributed by atoms with Gasteiger partial charge < -0.3 is 64.2 Å². The maximum atomic E-state index is 13.4. The Labute approximate surface area is 284 Å². The normalized spacial score (nSPS) is 30.0. The van der Waals surface area contributed by atoms with E-state index in [4.69, 9.17) is 23.4 Å². The molecule has 0 spiro atoms. The Morgan fingerprint density at radius 1 is 0.880 bits per heavy atom. The van der Waals surface area contributed by atoms with Crippen molar-refractivity contribution in [1.82, 2.24) is 0 Å². The SMILES string of the molecule is CC(=O)Cc1cc(=O)c2c(C)cc(O[C@H]3O[C@@H](CO)[C@H](O)[C@@H](O)[C@@H]3O)c([C@H]3O[C@@H](CO)[C@H](O)[C@@H](O)[C@@H]3OC(=O)/C=C/c3ccc(O)cc3)c2o1. The zero-order valence-corrected chi connectivity index (χ0v) is 26.9. The lowest BCUT2D eigenvalue weighted by molar-refractivity contribution is -0.278. The summed E-state index contributed by atoms with van der Waals surface area (Å²) in [5.74, 6) is -1.77. The van der Waals surface area contributed by atoms with Crippen LogP contribution in [0.5, 0.6) is 11.5 Å². The molecule has 16 heteroatoms. The van der Waals surface area contributed by atoms with E-state index in [-0.39, 0.29) is 51.6 Å². The van der Waals surface area contributed by atoms with E-state index in [0.29, 0.717) is 5.56 Å². The number of hydrogen-bond acceptors (Lipinski definition) is 16. The lowest BCUT2D eigenvalue weighted by Gasteiger charge is -2.43. The second-order valence-corrected chi connectivity index (χ2v) is 12.2. The van der Waals surface area contributed by atoms with E-state index in [9.17, 15) is 55.2 Å². The molecule has 8 N–H and O–H groups in total. The van der Waals surface area contributed by atoms with E-state index in [1.54, 1.807) is 0 Å². The van der Waals surface area contributed by atoms with Crippen LogP contribution in [-0.2, 0) is 30.2 Å². The minimum absolute atomic E-state index is 0.00681. The molecule has 2 aliphatic heterocycles. The fourth-order valence-corrected chi connectivity index (χ4v) is 5.93. The summed E-state index contributed by atoms with van der Waals surface area (Å²) < 4.78 is 29.2. The van der Waals surface area contributed by atoms with Crippen LogP contribution in [0.4, 0.5) is 0 Å². The number of aromatic hydroxyl groups is 1. The number of aliphatic hydroxyl groups excluding tert-OH is 7. The molecule has 0 unspecified atom stereocenters. The third-order valence-corrected chi connectivity index (χ3v) is 8.47. The Morgan fingerprint density at radius 3 is 2.16 bits per heavy atom. The maximum Gasteiger partial charge on any atom is 0.331 e. The van der Waals surface area contributed by atoms with Crippen LogP contribution in [0, 0.1) is 6.92 Å². The van der Waals surface area contributed by atoms with Crippen LogP contribution in [0.25, 0.3) is 17.0 Å². The van der Waals surface area contributed by atoms with E-state index in [2.05, 4.69) is 0 Å². The molecule has 3 aromatic rings. The third kappa shape index (κ3) is 7.58. The van der Waals surface area contributed by atoms with Gasteiger partial charge in [0.1, 0.15) is 77.5 Å². The highest BCUT2D eigenvalue weighted by Crippen LogP contribution is 2.44. The van der Waals surface area contributed by atoms with Crippen molar-refractivity contribution in [1.29, 1.82) is 0 Å². The fraction of sp³-hybridized carbons (Fsp3) is 0.441. The topological polar surface area (TPSA) is 263 Å². The second kappa shape index (κ2) is 15.3. The van der Waals surface area contributed by atoms with E-state index in [1.807, 2.05) is 0 Å². The molecule has 0 aliphatic carbocycles. The van der Waals surface area contributed by atoms with Gasteiger partial charge in [0.2, 0.25) is 6.29 Å². The van der Waals surface area contributed by atoms with E-state index in [1.165, 1.54) is 50.3 Å². The molecule has 50 heavy (non-hydrogen) atoms. The lowest BCUT2D eigenvalue weighted by atomic mass is 9.88. The van der Waals surface area contributed by atoms with Crippen LogP contribution in [-0.4, -0.2) is 121 Å².